The number of halogens is 6. The van der Waals surface area contributed by atoms with Crippen LogP contribution in [0.4, 0.5) is 26.3 Å². The molecule has 0 bridgehead atoms. The van der Waals surface area contributed by atoms with Gasteiger partial charge in [0.05, 0.1) is 0 Å². The van der Waals surface area contributed by atoms with E-state index in [2.05, 4.69) is 0 Å². The first-order valence-electron chi connectivity index (χ1n) is 2.58. The number of sulfonamides is 1. The van der Waals surface area contributed by atoms with E-state index in [1.807, 2.05) is 0 Å². The van der Waals surface area contributed by atoms with E-state index in [4.69, 9.17) is 0 Å². The van der Waals surface area contributed by atoms with Crippen molar-refractivity contribution in [1.82, 2.24) is 4.72 Å². The number of amides is 1. The van der Waals surface area contributed by atoms with E-state index >= 15 is 0 Å². The molecule has 0 unspecified atom stereocenters. The van der Waals surface area contributed by atoms with Crippen LogP contribution >= 0.6 is 0 Å². The van der Waals surface area contributed by atoms with Crippen molar-refractivity contribution < 1.29 is 39.6 Å². The van der Waals surface area contributed by atoms with Crippen molar-refractivity contribution in [2.45, 2.75) is 11.7 Å². The minimum absolute atomic E-state index is 0. The van der Waals surface area contributed by atoms with Crippen LogP contribution in [0.25, 0.3) is 0 Å². The standard InChI is InChI=1S/C3HF6NO3S.Na/c4-2(5,6)1(11)10-14(12,13)3(7,8)9;/h(H,10,11);. The summed E-state index contributed by atoms with van der Waals surface area (Å²) in [5.41, 5.74) is -5.96. The fraction of sp³-hybridized carbons (Fsp3) is 0.667. The molecular weight excluding hydrogens is 267 g/mol. The number of alkyl halides is 6. The average molecular weight is 268 g/mol. The van der Waals surface area contributed by atoms with E-state index < -0.39 is 27.6 Å². The third kappa shape index (κ3) is 5.04. The molecular formula is C3HF6NNaO3S. The maximum atomic E-state index is 11.4. The van der Waals surface area contributed by atoms with Crippen LogP contribution in [0.5, 0.6) is 0 Å². The Kier molecular flexibility index (Phi) is 5.67. The van der Waals surface area contributed by atoms with Crippen LogP contribution in [0.3, 0.4) is 0 Å². The summed E-state index contributed by atoms with van der Waals surface area (Å²) in [4.78, 5) is 9.81. The van der Waals surface area contributed by atoms with Crippen molar-refractivity contribution in [2.24, 2.45) is 0 Å². The number of hydrogen-bond donors (Lipinski definition) is 1. The Bertz CT molecular complexity index is 331. The molecule has 0 rings (SSSR count). The van der Waals surface area contributed by atoms with Crippen molar-refractivity contribution in [1.29, 1.82) is 0 Å². The minimum Gasteiger partial charge on any atom is -0.263 e. The number of nitrogens with one attached hydrogen (secondary N) is 1. The summed E-state index contributed by atoms with van der Waals surface area (Å²) in [6.45, 7) is 0. The third-order valence-corrected chi connectivity index (χ3v) is 1.85. The molecule has 0 atom stereocenters. The Morgan fingerprint density at radius 1 is 1.00 bits per heavy atom. The molecule has 1 N–H and O–H groups in total. The van der Waals surface area contributed by atoms with Gasteiger partial charge in [-0.2, -0.15) is 34.8 Å². The monoisotopic (exact) mass is 268 g/mol. The van der Waals surface area contributed by atoms with Crippen LogP contribution in [0, 0.1) is 0 Å². The molecule has 0 aliphatic carbocycles. The van der Waals surface area contributed by atoms with Gasteiger partial charge in [-0.25, -0.2) is 4.72 Å². The second-order valence-electron chi connectivity index (χ2n) is 1.88. The summed E-state index contributed by atoms with van der Waals surface area (Å²) < 4.78 is 87.9. The van der Waals surface area contributed by atoms with E-state index in [1.54, 1.807) is 0 Å². The van der Waals surface area contributed by atoms with Gasteiger partial charge in [-0.05, 0) is 0 Å². The molecule has 0 aromatic heterocycles. The van der Waals surface area contributed by atoms with Crippen molar-refractivity contribution in [3.05, 3.63) is 0 Å². The summed E-state index contributed by atoms with van der Waals surface area (Å²) in [5.74, 6) is -3.20. The molecule has 0 aromatic rings. The van der Waals surface area contributed by atoms with E-state index in [-0.39, 0.29) is 34.3 Å². The summed E-state index contributed by atoms with van der Waals surface area (Å²) in [6.07, 6.45) is -5.70. The zero-order chi connectivity index (χ0) is 11.8. The molecule has 0 spiro atoms. The topological polar surface area (TPSA) is 63.2 Å². The molecule has 0 fully saturated rings. The van der Waals surface area contributed by atoms with Gasteiger partial charge < -0.3 is 0 Å². The first kappa shape index (κ1) is 17.4. The van der Waals surface area contributed by atoms with E-state index in [0.29, 0.717) is 0 Å². The Labute approximate surface area is 101 Å². The Morgan fingerprint density at radius 3 is 1.53 bits per heavy atom. The summed E-state index contributed by atoms with van der Waals surface area (Å²) in [7, 11) is -6.30. The second kappa shape index (κ2) is 4.89. The minimum atomic E-state index is -6.30. The molecule has 12 heteroatoms. The molecule has 0 saturated carbocycles. The second-order valence-corrected chi connectivity index (χ2v) is 3.55. The number of carbonyl (C=O) groups is 1. The Morgan fingerprint density at radius 2 is 1.33 bits per heavy atom. The molecule has 15 heavy (non-hydrogen) atoms. The van der Waals surface area contributed by atoms with Crippen LogP contribution in [-0.4, -0.2) is 55.6 Å². The van der Waals surface area contributed by atoms with Crippen molar-refractivity contribution in [3.8, 4) is 0 Å². The molecule has 0 aliphatic rings. The smallest absolute Gasteiger partial charge is 0.263 e. The summed E-state index contributed by atoms with van der Waals surface area (Å²) in [5, 5.41) is 0. The van der Waals surface area contributed by atoms with E-state index in [0.717, 1.165) is 0 Å². The number of hydrogen-bond acceptors (Lipinski definition) is 3. The normalized spacial score (nSPS) is 12.9. The fourth-order valence-corrected chi connectivity index (χ4v) is 0.713. The van der Waals surface area contributed by atoms with Gasteiger partial charge in [0.2, 0.25) is 0 Å². The first-order valence-corrected chi connectivity index (χ1v) is 4.06. The maximum Gasteiger partial charge on any atom is 0.516 e. The Hall–Kier alpha value is -0.000000000000000444. The van der Waals surface area contributed by atoms with Gasteiger partial charge in [0, 0.05) is 29.6 Å². The van der Waals surface area contributed by atoms with Crippen LogP contribution in [0.15, 0.2) is 0 Å². The zero-order valence-electron chi connectivity index (χ0n) is 6.90. The van der Waals surface area contributed by atoms with Crippen LogP contribution in [0.1, 0.15) is 0 Å². The predicted octanol–water partition coefficient (Wildman–Crippen LogP) is 0.134. The number of rotatable bonds is 1. The van der Waals surface area contributed by atoms with Gasteiger partial charge in [-0.15, -0.1) is 0 Å². The molecule has 85 valence electrons. The van der Waals surface area contributed by atoms with E-state index in [9.17, 15) is 39.6 Å². The summed E-state index contributed by atoms with van der Waals surface area (Å²) >= 11 is 0. The fourth-order valence-electron chi connectivity index (χ4n) is 0.238. The van der Waals surface area contributed by atoms with E-state index in [1.165, 1.54) is 0 Å². The average Bonchev–Trinajstić information content (AvgIpc) is 1.80. The quantitative estimate of drug-likeness (QED) is 0.543. The molecule has 0 heterocycles. The maximum absolute atomic E-state index is 11.4. The Balaban J connectivity index is 0. The zero-order valence-corrected chi connectivity index (χ0v) is 9.72. The van der Waals surface area contributed by atoms with Gasteiger partial charge in [0.25, 0.3) is 0 Å². The largest absolute Gasteiger partial charge is 0.516 e. The molecule has 0 aliphatic heterocycles. The van der Waals surface area contributed by atoms with Gasteiger partial charge in [0.15, 0.2) is 0 Å². The first-order chi connectivity index (χ1) is 5.88. The van der Waals surface area contributed by atoms with Crippen molar-refractivity contribution in [2.75, 3.05) is 0 Å². The van der Waals surface area contributed by atoms with Crippen LogP contribution in [0.2, 0.25) is 0 Å². The molecule has 0 aromatic carbocycles. The third-order valence-electron chi connectivity index (χ3n) is 0.789. The summed E-state index contributed by atoms with van der Waals surface area (Å²) in [6, 6.07) is 0. The molecule has 4 nitrogen and oxygen atoms in total. The van der Waals surface area contributed by atoms with Gasteiger partial charge in [-0.3, -0.25) is 4.79 Å². The molecule has 1 radical (unpaired) electrons. The molecule has 0 saturated heterocycles. The number of carbonyl (C=O) groups excluding carboxylic acids is 1. The van der Waals surface area contributed by atoms with Crippen LogP contribution < -0.4 is 4.72 Å². The van der Waals surface area contributed by atoms with Crippen LogP contribution in [-0.2, 0) is 14.8 Å². The van der Waals surface area contributed by atoms with Gasteiger partial charge in [-0.1, -0.05) is 0 Å². The van der Waals surface area contributed by atoms with Crippen molar-refractivity contribution in [3.63, 3.8) is 0 Å². The SMILES string of the molecule is O=C(NS(=O)(=O)C(F)(F)F)C(F)(F)F.[Na]. The van der Waals surface area contributed by atoms with Crippen molar-refractivity contribution >= 4 is 45.5 Å². The molecule has 1 amide bonds. The predicted molar refractivity (Wildman–Crippen MR) is 34.9 cm³/mol. The van der Waals surface area contributed by atoms with Gasteiger partial charge >= 0.3 is 27.6 Å². The van der Waals surface area contributed by atoms with Gasteiger partial charge in [0.1, 0.15) is 0 Å².